The maximum absolute atomic E-state index is 13.1. The first-order valence-electron chi connectivity index (χ1n) is 6.62. The fourth-order valence-electron chi connectivity index (χ4n) is 2.63. The van der Waals surface area contributed by atoms with Crippen molar-refractivity contribution in [1.29, 1.82) is 0 Å². The van der Waals surface area contributed by atoms with Gasteiger partial charge in [-0.1, -0.05) is 26.7 Å². The van der Waals surface area contributed by atoms with Crippen molar-refractivity contribution >= 4 is 11.7 Å². The topological polar surface area (TPSA) is 68.0 Å². The van der Waals surface area contributed by atoms with Crippen molar-refractivity contribution in [3.63, 3.8) is 0 Å². The third kappa shape index (κ3) is 3.03. The van der Waals surface area contributed by atoms with Crippen LogP contribution in [-0.4, -0.2) is 16.9 Å². The second-order valence-corrected chi connectivity index (χ2v) is 5.85. The van der Waals surface area contributed by atoms with Gasteiger partial charge in [0.1, 0.15) is 11.6 Å². The lowest BCUT2D eigenvalue weighted by Gasteiger charge is -2.39. The van der Waals surface area contributed by atoms with Gasteiger partial charge >= 0.3 is 0 Å². The highest BCUT2D eigenvalue weighted by atomic mass is 19.1. The van der Waals surface area contributed by atoms with Gasteiger partial charge < -0.3 is 11.1 Å². The standard InChI is InChI=1S/C14H20FN3O/c1-14(2)6-4-3-5-11(14)18-13(19)10-7-9(15)8-17-12(10)16/h7-8,11H,3-6H2,1-2H3,(H2,16,17)(H,18,19). The van der Waals surface area contributed by atoms with Crippen molar-refractivity contribution in [2.45, 2.75) is 45.6 Å². The molecular formula is C14H20FN3O. The predicted octanol–water partition coefficient (Wildman–Crippen LogP) is 2.50. The largest absolute Gasteiger partial charge is 0.383 e. The Morgan fingerprint density at radius 3 is 2.95 bits per heavy atom. The molecule has 1 fully saturated rings. The van der Waals surface area contributed by atoms with Crippen LogP contribution in [0.15, 0.2) is 12.3 Å². The van der Waals surface area contributed by atoms with Crippen LogP contribution in [0.4, 0.5) is 10.2 Å². The molecular weight excluding hydrogens is 245 g/mol. The van der Waals surface area contributed by atoms with Gasteiger partial charge in [-0.3, -0.25) is 4.79 Å². The molecule has 104 valence electrons. The summed E-state index contributed by atoms with van der Waals surface area (Å²) in [5, 5.41) is 2.97. The Bertz CT molecular complexity index is 488. The summed E-state index contributed by atoms with van der Waals surface area (Å²) in [7, 11) is 0. The Hall–Kier alpha value is -1.65. The Balaban J connectivity index is 2.14. The van der Waals surface area contributed by atoms with E-state index in [1.165, 1.54) is 6.42 Å². The van der Waals surface area contributed by atoms with E-state index in [2.05, 4.69) is 24.1 Å². The van der Waals surface area contributed by atoms with Crippen molar-refractivity contribution in [2.75, 3.05) is 5.73 Å². The molecule has 0 bridgehead atoms. The Morgan fingerprint density at radius 1 is 1.53 bits per heavy atom. The molecule has 1 aromatic heterocycles. The van der Waals surface area contributed by atoms with Crippen molar-refractivity contribution < 1.29 is 9.18 Å². The van der Waals surface area contributed by atoms with Crippen molar-refractivity contribution in [3.8, 4) is 0 Å². The summed E-state index contributed by atoms with van der Waals surface area (Å²) in [4.78, 5) is 15.8. The van der Waals surface area contributed by atoms with E-state index in [1.807, 2.05) is 0 Å². The Labute approximate surface area is 112 Å². The highest BCUT2D eigenvalue weighted by Crippen LogP contribution is 2.35. The van der Waals surface area contributed by atoms with E-state index >= 15 is 0 Å². The van der Waals surface area contributed by atoms with Crippen LogP contribution in [0.3, 0.4) is 0 Å². The number of carbonyl (C=O) groups excluding carboxylic acids is 1. The zero-order valence-electron chi connectivity index (χ0n) is 11.4. The molecule has 0 spiro atoms. The van der Waals surface area contributed by atoms with Gasteiger partial charge in [0.25, 0.3) is 5.91 Å². The number of rotatable bonds is 2. The third-order valence-corrected chi connectivity index (χ3v) is 3.94. The fourth-order valence-corrected chi connectivity index (χ4v) is 2.63. The zero-order chi connectivity index (χ0) is 14.0. The molecule has 1 aromatic rings. The van der Waals surface area contributed by atoms with E-state index < -0.39 is 5.82 Å². The average molecular weight is 265 g/mol. The van der Waals surface area contributed by atoms with Crippen LogP contribution in [0, 0.1) is 11.2 Å². The number of hydrogen-bond acceptors (Lipinski definition) is 3. The van der Waals surface area contributed by atoms with Gasteiger partial charge in [0.2, 0.25) is 0 Å². The van der Waals surface area contributed by atoms with Crippen LogP contribution in [0.1, 0.15) is 49.9 Å². The van der Waals surface area contributed by atoms with Crippen LogP contribution < -0.4 is 11.1 Å². The number of hydrogen-bond donors (Lipinski definition) is 2. The molecule has 19 heavy (non-hydrogen) atoms. The molecule has 0 aromatic carbocycles. The van der Waals surface area contributed by atoms with Gasteiger partial charge in [-0.15, -0.1) is 0 Å². The smallest absolute Gasteiger partial charge is 0.255 e. The van der Waals surface area contributed by atoms with Gasteiger partial charge in [0, 0.05) is 6.04 Å². The normalized spacial score (nSPS) is 21.9. The number of halogens is 1. The number of amides is 1. The monoisotopic (exact) mass is 265 g/mol. The number of nitrogens with two attached hydrogens (primary N) is 1. The molecule has 0 saturated heterocycles. The molecule has 1 atom stereocenters. The fraction of sp³-hybridized carbons (Fsp3) is 0.571. The highest BCUT2D eigenvalue weighted by molar-refractivity contribution is 5.98. The molecule has 1 heterocycles. The first-order chi connectivity index (χ1) is 8.90. The van der Waals surface area contributed by atoms with Gasteiger partial charge in [-0.2, -0.15) is 0 Å². The van der Waals surface area contributed by atoms with E-state index in [-0.39, 0.29) is 28.7 Å². The van der Waals surface area contributed by atoms with Crippen LogP contribution in [-0.2, 0) is 0 Å². The highest BCUT2D eigenvalue weighted by Gasteiger charge is 2.33. The number of nitrogens with zero attached hydrogens (tertiary/aromatic N) is 1. The Kier molecular flexibility index (Phi) is 3.73. The lowest BCUT2D eigenvalue weighted by molar-refractivity contribution is 0.0853. The first-order valence-corrected chi connectivity index (χ1v) is 6.62. The van der Waals surface area contributed by atoms with Crippen LogP contribution in [0.5, 0.6) is 0 Å². The van der Waals surface area contributed by atoms with Crippen molar-refractivity contribution in [1.82, 2.24) is 10.3 Å². The quantitative estimate of drug-likeness (QED) is 0.863. The molecule has 1 aliphatic carbocycles. The lowest BCUT2D eigenvalue weighted by atomic mass is 9.73. The molecule has 0 aliphatic heterocycles. The second kappa shape index (κ2) is 5.15. The summed E-state index contributed by atoms with van der Waals surface area (Å²) in [6.45, 7) is 4.29. The maximum atomic E-state index is 13.1. The predicted molar refractivity (Wildman–Crippen MR) is 72.1 cm³/mol. The van der Waals surface area contributed by atoms with E-state index in [0.29, 0.717) is 0 Å². The summed E-state index contributed by atoms with van der Waals surface area (Å²) in [5.74, 6) is -0.834. The maximum Gasteiger partial charge on any atom is 0.255 e. The molecule has 5 heteroatoms. The molecule has 0 radical (unpaired) electrons. The third-order valence-electron chi connectivity index (χ3n) is 3.94. The number of nitrogen functional groups attached to an aromatic ring is 1. The summed E-state index contributed by atoms with van der Waals surface area (Å²) < 4.78 is 13.1. The average Bonchev–Trinajstić information content (AvgIpc) is 2.34. The number of carbonyl (C=O) groups is 1. The van der Waals surface area contributed by atoms with Crippen LogP contribution in [0.25, 0.3) is 0 Å². The first kappa shape index (κ1) is 13.8. The molecule has 4 nitrogen and oxygen atoms in total. The van der Waals surface area contributed by atoms with E-state index in [9.17, 15) is 9.18 Å². The number of pyridine rings is 1. The molecule has 1 amide bonds. The zero-order valence-corrected chi connectivity index (χ0v) is 11.4. The number of nitrogens with one attached hydrogen (secondary N) is 1. The van der Waals surface area contributed by atoms with E-state index in [0.717, 1.165) is 31.5 Å². The van der Waals surface area contributed by atoms with Crippen molar-refractivity contribution in [3.05, 3.63) is 23.6 Å². The molecule has 1 unspecified atom stereocenters. The molecule has 1 aliphatic rings. The van der Waals surface area contributed by atoms with E-state index in [4.69, 9.17) is 5.73 Å². The molecule has 1 saturated carbocycles. The lowest BCUT2D eigenvalue weighted by Crippen LogP contribution is -2.47. The second-order valence-electron chi connectivity index (χ2n) is 5.85. The van der Waals surface area contributed by atoms with E-state index in [1.54, 1.807) is 0 Å². The van der Waals surface area contributed by atoms with Crippen LogP contribution >= 0.6 is 0 Å². The summed E-state index contributed by atoms with van der Waals surface area (Å²) in [5.41, 5.74) is 5.80. The summed E-state index contributed by atoms with van der Waals surface area (Å²) in [6, 6.07) is 1.23. The minimum Gasteiger partial charge on any atom is -0.383 e. The number of aromatic nitrogens is 1. The van der Waals surface area contributed by atoms with Crippen molar-refractivity contribution in [2.24, 2.45) is 5.41 Å². The molecule has 3 N–H and O–H groups in total. The van der Waals surface area contributed by atoms with Gasteiger partial charge in [0.05, 0.1) is 11.8 Å². The minimum atomic E-state index is -0.553. The van der Waals surface area contributed by atoms with Gasteiger partial charge in [-0.05, 0) is 24.3 Å². The Morgan fingerprint density at radius 2 is 2.26 bits per heavy atom. The SMILES string of the molecule is CC1(C)CCCCC1NC(=O)c1cc(F)cnc1N. The summed E-state index contributed by atoms with van der Waals surface area (Å²) in [6.07, 6.45) is 5.32. The van der Waals surface area contributed by atoms with Crippen LogP contribution in [0.2, 0.25) is 0 Å². The number of anilines is 1. The summed E-state index contributed by atoms with van der Waals surface area (Å²) >= 11 is 0. The minimum absolute atomic E-state index is 0.0590. The van der Waals surface area contributed by atoms with Gasteiger partial charge in [0.15, 0.2) is 0 Å². The molecule has 2 rings (SSSR count). The van der Waals surface area contributed by atoms with Gasteiger partial charge in [-0.25, -0.2) is 9.37 Å².